The van der Waals surface area contributed by atoms with Crippen molar-refractivity contribution < 1.29 is 0 Å². The van der Waals surface area contributed by atoms with Crippen molar-refractivity contribution in [3.05, 3.63) is 35.9 Å². The maximum Gasteiger partial charge on any atom is 0.0568 e. The van der Waals surface area contributed by atoms with Crippen LogP contribution < -0.4 is 0 Å². The fraction of sp³-hybridized carbons (Fsp3) is 0.333. The minimum Gasteiger partial charge on any atom is -0.160 e. The van der Waals surface area contributed by atoms with Gasteiger partial charge < -0.3 is 0 Å². The molecule has 0 unspecified atom stereocenters. The second kappa shape index (κ2) is 6.08. The van der Waals surface area contributed by atoms with Crippen LogP contribution in [0.15, 0.2) is 40.5 Å². The van der Waals surface area contributed by atoms with Crippen molar-refractivity contribution >= 4 is 11.9 Å². The van der Waals surface area contributed by atoms with E-state index in [9.17, 15) is 0 Å². The van der Waals surface area contributed by atoms with E-state index in [0.29, 0.717) is 0 Å². The minimum atomic E-state index is 0.975. The highest BCUT2D eigenvalue weighted by Crippen LogP contribution is 1.96. The second-order valence-corrected chi connectivity index (χ2v) is 3.03. The van der Waals surface area contributed by atoms with E-state index in [1.54, 1.807) is 6.21 Å². The summed E-state index contributed by atoms with van der Waals surface area (Å²) in [5, 5.41) is 8.19. The third-order valence-electron chi connectivity index (χ3n) is 2.02. The van der Waals surface area contributed by atoms with Crippen LogP contribution in [0.4, 0.5) is 0 Å². The highest BCUT2D eigenvalue weighted by atomic mass is 15.2. The van der Waals surface area contributed by atoms with Gasteiger partial charge in [0.15, 0.2) is 0 Å². The number of benzene rings is 1. The SMILES string of the molecule is CCC(CC)=N/N=C/c1ccccc1. The van der Waals surface area contributed by atoms with Gasteiger partial charge in [-0.3, -0.25) is 0 Å². The second-order valence-electron chi connectivity index (χ2n) is 3.03. The topological polar surface area (TPSA) is 24.7 Å². The maximum atomic E-state index is 4.14. The number of hydrogen-bond donors (Lipinski definition) is 0. The molecular weight excluding hydrogens is 172 g/mol. The summed E-state index contributed by atoms with van der Waals surface area (Å²) in [5.41, 5.74) is 2.22. The van der Waals surface area contributed by atoms with Crippen LogP contribution in [0.3, 0.4) is 0 Å². The van der Waals surface area contributed by atoms with Crippen LogP contribution in [0.2, 0.25) is 0 Å². The first-order valence-electron chi connectivity index (χ1n) is 5.00. The van der Waals surface area contributed by atoms with Gasteiger partial charge in [0.2, 0.25) is 0 Å². The molecule has 0 bridgehead atoms. The number of hydrogen-bond acceptors (Lipinski definition) is 2. The molecule has 0 atom stereocenters. The molecule has 1 aromatic carbocycles. The summed E-state index contributed by atoms with van der Waals surface area (Å²) in [6.07, 6.45) is 3.73. The van der Waals surface area contributed by atoms with Gasteiger partial charge in [-0.1, -0.05) is 44.2 Å². The van der Waals surface area contributed by atoms with Crippen LogP contribution in [0.25, 0.3) is 0 Å². The fourth-order valence-electron chi connectivity index (χ4n) is 1.11. The molecule has 0 N–H and O–H groups in total. The number of nitrogens with zero attached hydrogens (tertiary/aromatic N) is 2. The van der Waals surface area contributed by atoms with Crippen LogP contribution in [0.1, 0.15) is 32.3 Å². The molecule has 0 aromatic heterocycles. The molecule has 0 radical (unpaired) electrons. The van der Waals surface area contributed by atoms with Crippen molar-refractivity contribution in [3.8, 4) is 0 Å². The maximum absolute atomic E-state index is 4.14. The van der Waals surface area contributed by atoms with Crippen molar-refractivity contribution in [2.75, 3.05) is 0 Å². The molecule has 2 nitrogen and oxygen atoms in total. The third kappa shape index (κ3) is 3.52. The molecule has 14 heavy (non-hydrogen) atoms. The van der Waals surface area contributed by atoms with Crippen molar-refractivity contribution in [1.82, 2.24) is 0 Å². The predicted molar refractivity (Wildman–Crippen MR) is 62.1 cm³/mol. The third-order valence-corrected chi connectivity index (χ3v) is 2.02. The Hall–Kier alpha value is -1.44. The van der Waals surface area contributed by atoms with Crippen molar-refractivity contribution in [1.29, 1.82) is 0 Å². The first-order chi connectivity index (χ1) is 6.86. The molecule has 2 heteroatoms. The Morgan fingerprint density at radius 3 is 2.36 bits per heavy atom. The average molecular weight is 188 g/mol. The van der Waals surface area contributed by atoms with E-state index < -0.39 is 0 Å². The van der Waals surface area contributed by atoms with Gasteiger partial charge in [-0.2, -0.15) is 10.2 Å². The standard InChI is InChI=1S/C12H16N2/c1-3-12(4-2)14-13-10-11-8-6-5-7-9-11/h5-10H,3-4H2,1-2H3/b13-10+. The Balaban J connectivity index is 2.61. The quantitative estimate of drug-likeness (QED) is 0.511. The highest BCUT2D eigenvalue weighted by Gasteiger charge is 1.88. The molecule has 0 saturated heterocycles. The summed E-state index contributed by atoms with van der Waals surface area (Å²) >= 11 is 0. The molecule has 0 spiro atoms. The number of rotatable bonds is 4. The molecule has 0 aliphatic rings. The van der Waals surface area contributed by atoms with Gasteiger partial charge in [-0.05, 0) is 18.4 Å². The Kier molecular flexibility index (Phi) is 4.62. The molecule has 0 fully saturated rings. The summed E-state index contributed by atoms with van der Waals surface area (Å²) < 4.78 is 0. The van der Waals surface area contributed by atoms with Crippen molar-refractivity contribution in [2.45, 2.75) is 26.7 Å². The van der Waals surface area contributed by atoms with Crippen LogP contribution in [-0.2, 0) is 0 Å². The van der Waals surface area contributed by atoms with E-state index in [-0.39, 0.29) is 0 Å². The molecule has 0 saturated carbocycles. The van der Waals surface area contributed by atoms with E-state index in [4.69, 9.17) is 0 Å². The summed E-state index contributed by atoms with van der Waals surface area (Å²) in [7, 11) is 0. The van der Waals surface area contributed by atoms with E-state index in [0.717, 1.165) is 24.1 Å². The van der Waals surface area contributed by atoms with Gasteiger partial charge in [0.25, 0.3) is 0 Å². The van der Waals surface area contributed by atoms with Gasteiger partial charge >= 0.3 is 0 Å². The summed E-state index contributed by atoms with van der Waals surface area (Å²) in [4.78, 5) is 0. The lowest BCUT2D eigenvalue weighted by molar-refractivity contribution is 1.10. The smallest absolute Gasteiger partial charge is 0.0568 e. The molecule has 0 aliphatic heterocycles. The van der Waals surface area contributed by atoms with Crippen LogP contribution >= 0.6 is 0 Å². The predicted octanol–water partition coefficient (Wildman–Crippen LogP) is 3.28. The van der Waals surface area contributed by atoms with E-state index >= 15 is 0 Å². The zero-order chi connectivity index (χ0) is 10.2. The van der Waals surface area contributed by atoms with Gasteiger partial charge in [0.1, 0.15) is 0 Å². The van der Waals surface area contributed by atoms with Crippen LogP contribution in [0.5, 0.6) is 0 Å². The van der Waals surface area contributed by atoms with E-state index in [2.05, 4.69) is 24.1 Å². The first kappa shape index (κ1) is 10.6. The van der Waals surface area contributed by atoms with Crippen LogP contribution in [0, 0.1) is 0 Å². The molecule has 1 rings (SSSR count). The van der Waals surface area contributed by atoms with Crippen molar-refractivity contribution in [3.63, 3.8) is 0 Å². The Bertz CT molecular complexity index is 306. The molecule has 0 aliphatic carbocycles. The van der Waals surface area contributed by atoms with E-state index in [1.807, 2.05) is 30.3 Å². The summed E-state index contributed by atoms with van der Waals surface area (Å²) in [5.74, 6) is 0. The molecule has 0 heterocycles. The Labute approximate surface area is 85.4 Å². The lowest BCUT2D eigenvalue weighted by Gasteiger charge is -1.93. The van der Waals surface area contributed by atoms with E-state index in [1.165, 1.54) is 0 Å². The van der Waals surface area contributed by atoms with Crippen molar-refractivity contribution in [2.24, 2.45) is 10.2 Å². The van der Waals surface area contributed by atoms with Crippen LogP contribution in [-0.4, -0.2) is 11.9 Å². The minimum absolute atomic E-state index is 0.975. The van der Waals surface area contributed by atoms with Gasteiger partial charge in [-0.25, -0.2) is 0 Å². The Morgan fingerprint density at radius 1 is 1.14 bits per heavy atom. The highest BCUT2D eigenvalue weighted by molar-refractivity contribution is 5.85. The molecule has 1 aromatic rings. The average Bonchev–Trinajstić information content (AvgIpc) is 2.26. The summed E-state index contributed by atoms with van der Waals surface area (Å²) in [6.45, 7) is 4.20. The van der Waals surface area contributed by atoms with Gasteiger partial charge in [0.05, 0.1) is 6.21 Å². The lowest BCUT2D eigenvalue weighted by atomic mass is 10.2. The Morgan fingerprint density at radius 2 is 1.79 bits per heavy atom. The lowest BCUT2D eigenvalue weighted by Crippen LogP contribution is -1.91. The van der Waals surface area contributed by atoms with Gasteiger partial charge in [0, 0.05) is 5.71 Å². The molecule has 74 valence electrons. The normalized spacial score (nSPS) is 10.4. The molecular formula is C12H16N2. The monoisotopic (exact) mass is 188 g/mol. The zero-order valence-electron chi connectivity index (χ0n) is 8.77. The zero-order valence-corrected chi connectivity index (χ0v) is 8.77. The first-order valence-corrected chi connectivity index (χ1v) is 5.00. The summed E-state index contributed by atoms with van der Waals surface area (Å²) in [6, 6.07) is 9.99. The largest absolute Gasteiger partial charge is 0.160 e. The molecule has 0 amide bonds. The van der Waals surface area contributed by atoms with Gasteiger partial charge in [-0.15, -0.1) is 0 Å². The fourth-order valence-corrected chi connectivity index (χ4v) is 1.11.